The summed E-state index contributed by atoms with van der Waals surface area (Å²) in [6.45, 7) is 5.38. The van der Waals surface area contributed by atoms with Crippen LogP contribution in [0.2, 0.25) is 0 Å². The van der Waals surface area contributed by atoms with Crippen LogP contribution in [0.1, 0.15) is 45.2 Å². The van der Waals surface area contributed by atoms with Gasteiger partial charge in [-0.2, -0.15) is 0 Å². The summed E-state index contributed by atoms with van der Waals surface area (Å²) in [7, 11) is -3.39. The van der Waals surface area contributed by atoms with Gasteiger partial charge >= 0.3 is 0 Å². The summed E-state index contributed by atoms with van der Waals surface area (Å²) in [6, 6.07) is 2.09. The number of hydrogen-bond donors (Lipinski definition) is 3. The van der Waals surface area contributed by atoms with Gasteiger partial charge in [0.1, 0.15) is 0 Å². The molecule has 1 aromatic rings. The lowest BCUT2D eigenvalue weighted by atomic mass is 10.0. The first kappa shape index (κ1) is 15.1. The van der Waals surface area contributed by atoms with Gasteiger partial charge in [-0.15, -0.1) is 0 Å². The second-order valence-corrected chi connectivity index (χ2v) is 8.62. The molecule has 2 aliphatic rings. The SMILES string of the molecule is CC(C)NCc1cc(S(=O)(=O)NCC2(C3CC3)CC2)c[nH]1. The number of hydrogen-bond acceptors (Lipinski definition) is 3. The first-order valence-corrected chi connectivity index (χ1v) is 9.30. The Labute approximate surface area is 127 Å². The van der Waals surface area contributed by atoms with Gasteiger partial charge in [0.05, 0.1) is 4.90 Å². The van der Waals surface area contributed by atoms with Crippen LogP contribution >= 0.6 is 0 Å². The Kier molecular flexibility index (Phi) is 3.88. The number of nitrogens with one attached hydrogen (secondary N) is 3. The first-order chi connectivity index (χ1) is 9.91. The highest BCUT2D eigenvalue weighted by Crippen LogP contribution is 2.60. The third-order valence-corrected chi connectivity index (χ3v) is 6.06. The Hall–Kier alpha value is -0.850. The molecule has 5 nitrogen and oxygen atoms in total. The highest BCUT2D eigenvalue weighted by atomic mass is 32.2. The molecule has 118 valence electrons. The molecule has 0 aromatic carbocycles. The molecule has 3 N–H and O–H groups in total. The second kappa shape index (κ2) is 5.41. The van der Waals surface area contributed by atoms with Crippen LogP contribution in [-0.2, 0) is 16.6 Å². The summed E-state index contributed by atoms with van der Waals surface area (Å²) in [5, 5.41) is 3.27. The molecule has 6 heteroatoms. The molecule has 0 atom stereocenters. The van der Waals surface area contributed by atoms with Gasteiger partial charge in [-0.05, 0) is 43.1 Å². The van der Waals surface area contributed by atoms with Crippen LogP contribution in [0.25, 0.3) is 0 Å². The largest absolute Gasteiger partial charge is 0.363 e. The van der Waals surface area contributed by atoms with E-state index in [1.165, 1.54) is 25.7 Å². The summed E-state index contributed by atoms with van der Waals surface area (Å²) >= 11 is 0. The van der Waals surface area contributed by atoms with E-state index in [1.54, 1.807) is 12.3 Å². The van der Waals surface area contributed by atoms with Gasteiger partial charge in [-0.1, -0.05) is 13.8 Å². The zero-order valence-electron chi connectivity index (χ0n) is 12.8. The van der Waals surface area contributed by atoms with Crippen LogP contribution in [0.5, 0.6) is 0 Å². The molecule has 0 radical (unpaired) electrons. The molecule has 2 fully saturated rings. The van der Waals surface area contributed by atoms with Crippen molar-refractivity contribution in [2.45, 2.75) is 57.0 Å². The molecule has 0 unspecified atom stereocenters. The van der Waals surface area contributed by atoms with E-state index in [4.69, 9.17) is 0 Å². The minimum absolute atomic E-state index is 0.283. The van der Waals surface area contributed by atoms with Crippen molar-refractivity contribution < 1.29 is 8.42 Å². The third-order valence-electron chi connectivity index (χ3n) is 4.68. The van der Waals surface area contributed by atoms with Crippen LogP contribution in [0, 0.1) is 11.3 Å². The molecular weight excluding hydrogens is 286 g/mol. The monoisotopic (exact) mass is 311 g/mol. The predicted octanol–water partition coefficient (Wildman–Crippen LogP) is 1.98. The van der Waals surface area contributed by atoms with Crippen molar-refractivity contribution in [1.82, 2.24) is 15.0 Å². The third kappa shape index (κ3) is 3.49. The average Bonchev–Trinajstić information content (AvgIpc) is 3.32. The van der Waals surface area contributed by atoms with Crippen LogP contribution in [0.3, 0.4) is 0 Å². The standard InChI is InChI=1S/C15H25N3O2S/c1-11(2)16-8-13-7-14(9-17-13)21(19,20)18-10-15(5-6-15)12-3-4-12/h7,9,11-12,16-18H,3-6,8,10H2,1-2H3. The summed E-state index contributed by atoms with van der Waals surface area (Å²) in [4.78, 5) is 3.38. The fourth-order valence-electron chi connectivity index (χ4n) is 2.90. The van der Waals surface area contributed by atoms with Crippen molar-refractivity contribution in [2.75, 3.05) is 6.54 Å². The molecule has 2 aliphatic carbocycles. The topological polar surface area (TPSA) is 74.0 Å². The molecule has 0 aliphatic heterocycles. The number of H-pyrrole nitrogens is 1. The Morgan fingerprint density at radius 2 is 2.10 bits per heavy atom. The summed E-state index contributed by atoms with van der Waals surface area (Å²) in [6.07, 6.45) is 6.48. The van der Waals surface area contributed by atoms with Crippen molar-refractivity contribution in [3.63, 3.8) is 0 Å². The molecule has 0 spiro atoms. The zero-order valence-corrected chi connectivity index (χ0v) is 13.6. The van der Waals surface area contributed by atoms with Crippen molar-refractivity contribution in [1.29, 1.82) is 0 Å². The van der Waals surface area contributed by atoms with Gasteiger partial charge in [0.2, 0.25) is 10.0 Å². The predicted molar refractivity (Wildman–Crippen MR) is 82.3 cm³/mol. The summed E-state index contributed by atoms with van der Waals surface area (Å²) in [5.41, 5.74) is 1.18. The molecule has 2 saturated carbocycles. The highest BCUT2D eigenvalue weighted by molar-refractivity contribution is 7.89. The van der Waals surface area contributed by atoms with Gasteiger partial charge < -0.3 is 10.3 Å². The Morgan fingerprint density at radius 3 is 2.67 bits per heavy atom. The fourth-order valence-corrected chi connectivity index (χ4v) is 4.05. The lowest BCUT2D eigenvalue weighted by molar-refractivity contribution is 0.432. The van der Waals surface area contributed by atoms with E-state index in [1.807, 2.05) is 0 Å². The minimum Gasteiger partial charge on any atom is -0.363 e. The van der Waals surface area contributed by atoms with Crippen LogP contribution in [-0.4, -0.2) is 26.0 Å². The van der Waals surface area contributed by atoms with Gasteiger partial charge in [0, 0.05) is 31.0 Å². The first-order valence-electron chi connectivity index (χ1n) is 7.82. The second-order valence-electron chi connectivity index (χ2n) is 6.86. The fraction of sp³-hybridized carbons (Fsp3) is 0.733. The maximum absolute atomic E-state index is 12.3. The van der Waals surface area contributed by atoms with E-state index in [-0.39, 0.29) is 5.41 Å². The van der Waals surface area contributed by atoms with E-state index in [0.717, 1.165) is 11.6 Å². The Balaban J connectivity index is 1.59. The Bertz CT molecular complexity index is 598. The summed E-state index contributed by atoms with van der Waals surface area (Å²) < 4.78 is 27.5. The molecule has 0 saturated heterocycles. The maximum Gasteiger partial charge on any atom is 0.242 e. The smallest absolute Gasteiger partial charge is 0.242 e. The Morgan fingerprint density at radius 1 is 1.38 bits per heavy atom. The summed E-state index contributed by atoms with van der Waals surface area (Å²) in [5.74, 6) is 0.761. The number of aromatic nitrogens is 1. The van der Waals surface area contributed by atoms with Crippen LogP contribution < -0.4 is 10.0 Å². The van der Waals surface area contributed by atoms with Crippen molar-refractivity contribution in [3.05, 3.63) is 18.0 Å². The normalized spacial score (nSPS) is 20.9. The molecule has 1 heterocycles. The van der Waals surface area contributed by atoms with E-state index < -0.39 is 10.0 Å². The molecular formula is C15H25N3O2S. The molecule has 1 aromatic heterocycles. The van der Waals surface area contributed by atoms with Crippen molar-refractivity contribution in [2.24, 2.45) is 11.3 Å². The lowest BCUT2D eigenvalue weighted by Crippen LogP contribution is -2.31. The van der Waals surface area contributed by atoms with Crippen molar-refractivity contribution >= 4 is 10.0 Å². The van der Waals surface area contributed by atoms with E-state index in [2.05, 4.69) is 28.9 Å². The van der Waals surface area contributed by atoms with Gasteiger partial charge in [-0.3, -0.25) is 0 Å². The van der Waals surface area contributed by atoms with E-state index in [0.29, 0.717) is 24.0 Å². The van der Waals surface area contributed by atoms with Crippen LogP contribution in [0.15, 0.2) is 17.2 Å². The van der Waals surface area contributed by atoms with Crippen LogP contribution in [0.4, 0.5) is 0 Å². The highest BCUT2D eigenvalue weighted by Gasteiger charge is 2.53. The molecule has 21 heavy (non-hydrogen) atoms. The zero-order chi connectivity index (χ0) is 15.1. The molecule has 0 amide bonds. The lowest BCUT2D eigenvalue weighted by Gasteiger charge is -2.14. The van der Waals surface area contributed by atoms with E-state index in [9.17, 15) is 8.42 Å². The molecule has 3 rings (SSSR count). The quantitative estimate of drug-likeness (QED) is 0.687. The van der Waals surface area contributed by atoms with Gasteiger partial charge in [0.15, 0.2) is 0 Å². The van der Waals surface area contributed by atoms with E-state index >= 15 is 0 Å². The van der Waals surface area contributed by atoms with Gasteiger partial charge in [0.25, 0.3) is 0 Å². The molecule has 0 bridgehead atoms. The van der Waals surface area contributed by atoms with Gasteiger partial charge in [-0.25, -0.2) is 13.1 Å². The number of aromatic amines is 1. The van der Waals surface area contributed by atoms with Crippen molar-refractivity contribution in [3.8, 4) is 0 Å². The average molecular weight is 311 g/mol. The number of sulfonamides is 1. The number of rotatable bonds is 8. The maximum atomic E-state index is 12.3. The minimum atomic E-state index is -3.39.